The Hall–Kier alpha value is -2.82. The minimum Gasteiger partial charge on any atom is -0.457 e. The summed E-state index contributed by atoms with van der Waals surface area (Å²) in [5.74, 6) is 0.775. The number of para-hydroxylation sites is 2. The van der Waals surface area contributed by atoms with Crippen molar-refractivity contribution >= 4 is 11.8 Å². The van der Waals surface area contributed by atoms with Gasteiger partial charge in [-0.2, -0.15) is 0 Å². The highest BCUT2D eigenvalue weighted by Crippen LogP contribution is 2.24. The SMILES string of the molecule is O=C(NCC(=O)N1CCCC1)c1ccccc1Oc1ccccc1. The number of hydrogen-bond donors (Lipinski definition) is 1. The smallest absolute Gasteiger partial charge is 0.255 e. The van der Waals surface area contributed by atoms with Crippen LogP contribution in [0.5, 0.6) is 11.5 Å². The lowest BCUT2D eigenvalue weighted by Crippen LogP contribution is -2.38. The van der Waals surface area contributed by atoms with Gasteiger partial charge in [0, 0.05) is 13.1 Å². The molecule has 0 spiro atoms. The van der Waals surface area contributed by atoms with Crippen LogP contribution in [0.1, 0.15) is 23.2 Å². The summed E-state index contributed by atoms with van der Waals surface area (Å²) in [6, 6.07) is 16.3. The van der Waals surface area contributed by atoms with Crippen molar-refractivity contribution < 1.29 is 14.3 Å². The van der Waals surface area contributed by atoms with E-state index in [1.54, 1.807) is 23.1 Å². The van der Waals surface area contributed by atoms with E-state index in [1.165, 1.54) is 0 Å². The minimum absolute atomic E-state index is 0.0124. The van der Waals surface area contributed by atoms with Crippen molar-refractivity contribution in [2.75, 3.05) is 19.6 Å². The van der Waals surface area contributed by atoms with Crippen LogP contribution in [-0.2, 0) is 4.79 Å². The van der Waals surface area contributed by atoms with E-state index < -0.39 is 0 Å². The van der Waals surface area contributed by atoms with E-state index in [2.05, 4.69) is 5.32 Å². The van der Waals surface area contributed by atoms with E-state index in [1.807, 2.05) is 36.4 Å². The summed E-state index contributed by atoms with van der Waals surface area (Å²) >= 11 is 0. The van der Waals surface area contributed by atoms with Crippen LogP contribution in [0.4, 0.5) is 0 Å². The summed E-state index contributed by atoms with van der Waals surface area (Å²) in [5.41, 5.74) is 0.413. The molecule has 2 amide bonds. The molecule has 1 heterocycles. The number of ether oxygens (including phenoxy) is 1. The predicted octanol–water partition coefficient (Wildman–Crippen LogP) is 2.83. The van der Waals surface area contributed by atoms with Gasteiger partial charge in [0.05, 0.1) is 12.1 Å². The molecule has 0 radical (unpaired) electrons. The highest BCUT2D eigenvalue weighted by atomic mass is 16.5. The van der Waals surface area contributed by atoms with Gasteiger partial charge in [-0.05, 0) is 37.1 Å². The second-order valence-electron chi connectivity index (χ2n) is 5.68. The number of benzene rings is 2. The molecule has 1 aliphatic heterocycles. The zero-order valence-electron chi connectivity index (χ0n) is 13.4. The van der Waals surface area contributed by atoms with Gasteiger partial charge in [-0.15, -0.1) is 0 Å². The van der Waals surface area contributed by atoms with Gasteiger partial charge in [0.25, 0.3) is 5.91 Å². The van der Waals surface area contributed by atoms with Gasteiger partial charge < -0.3 is 15.0 Å². The molecule has 3 rings (SSSR count). The number of carbonyl (C=O) groups is 2. The van der Waals surface area contributed by atoms with Crippen LogP contribution >= 0.6 is 0 Å². The Morgan fingerprint density at radius 3 is 2.38 bits per heavy atom. The van der Waals surface area contributed by atoms with Gasteiger partial charge in [0.1, 0.15) is 11.5 Å². The summed E-state index contributed by atoms with van der Waals surface area (Å²) in [7, 11) is 0. The molecule has 2 aromatic rings. The molecular formula is C19H20N2O3. The zero-order chi connectivity index (χ0) is 16.8. The molecule has 0 aliphatic carbocycles. The van der Waals surface area contributed by atoms with E-state index in [4.69, 9.17) is 4.74 Å². The first-order chi connectivity index (χ1) is 11.7. The fourth-order valence-corrected chi connectivity index (χ4v) is 2.69. The van der Waals surface area contributed by atoms with E-state index >= 15 is 0 Å². The maximum absolute atomic E-state index is 12.4. The molecule has 5 nitrogen and oxygen atoms in total. The largest absolute Gasteiger partial charge is 0.457 e. The van der Waals surface area contributed by atoms with Gasteiger partial charge in [-0.3, -0.25) is 9.59 Å². The molecular weight excluding hydrogens is 304 g/mol. The lowest BCUT2D eigenvalue weighted by molar-refractivity contribution is -0.129. The van der Waals surface area contributed by atoms with Gasteiger partial charge in [0.2, 0.25) is 5.91 Å². The average molecular weight is 324 g/mol. The standard InChI is InChI=1S/C19H20N2O3/c22-18(21-12-6-7-13-21)14-20-19(23)16-10-4-5-11-17(16)24-15-8-2-1-3-9-15/h1-5,8-11H,6-7,12-14H2,(H,20,23). The third kappa shape index (κ3) is 3.93. The van der Waals surface area contributed by atoms with Gasteiger partial charge in [0.15, 0.2) is 0 Å². The van der Waals surface area contributed by atoms with E-state index in [9.17, 15) is 9.59 Å². The van der Waals surface area contributed by atoms with Crippen LogP contribution < -0.4 is 10.1 Å². The number of carbonyl (C=O) groups excluding carboxylic acids is 2. The Balaban J connectivity index is 1.65. The van der Waals surface area contributed by atoms with Crippen molar-refractivity contribution in [2.24, 2.45) is 0 Å². The number of rotatable bonds is 5. The highest BCUT2D eigenvalue weighted by molar-refractivity contribution is 5.98. The molecule has 124 valence electrons. The van der Waals surface area contributed by atoms with E-state index in [0.29, 0.717) is 17.1 Å². The van der Waals surface area contributed by atoms with Crippen molar-refractivity contribution in [3.8, 4) is 11.5 Å². The summed E-state index contributed by atoms with van der Waals surface area (Å²) in [6.07, 6.45) is 2.07. The van der Waals surface area contributed by atoms with Crippen LogP contribution in [0, 0.1) is 0 Å². The van der Waals surface area contributed by atoms with Crippen LogP contribution in [0.25, 0.3) is 0 Å². The molecule has 0 saturated carbocycles. The summed E-state index contributed by atoms with van der Waals surface area (Å²) in [4.78, 5) is 26.2. The number of hydrogen-bond acceptors (Lipinski definition) is 3. The molecule has 1 N–H and O–H groups in total. The normalized spacial score (nSPS) is 13.6. The van der Waals surface area contributed by atoms with E-state index in [0.717, 1.165) is 25.9 Å². The first kappa shape index (κ1) is 16.1. The third-order valence-electron chi connectivity index (χ3n) is 3.96. The molecule has 0 atom stereocenters. The molecule has 5 heteroatoms. The number of nitrogens with zero attached hydrogens (tertiary/aromatic N) is 1. The van der Waals surface area contributed by atoms with Gasteiger partial charge in [-0.25, -0.2) is 0 Å². The van der Waals surface area contributed by atoms with E-state index in [-0.39, 0.29) is 18.4 Å². The molecule has 0 bridgehead atoms. The molecule has 24 heavy (non-hydrogen) atoms. The first-order valence-electron chi connectivity index (χ1n) is 8.12. The zero-order valence-corrected chi connectivity index (χ0v) is 13.4. The summed E-state index contributed by atoms with van der Waals surface area (Å²) < 4.78 is 5.78. The van der Waals surface area contributed by atoms with Crippen LogP contribution in [0.2, 0.25) is 0 Å². The maximum Gasteiger partial charge on any atom is 0.255 e. The fourth-order valence-electron chi connectivity index (χ4n) is 2.69. The van der Waals surface area contributed by atoms with Crippen LogP contribution in [-0.4, -0.2) is 36.3 Å². The number of amides is 2. The fraction of sp³-hybridized carbons (Fsp3) is 0.263. The van der Waals surface area contributed by atoms with Gasteiger partial charge >= 0.3 is 0 Å². The van der Waals surface area contributed by atoms with Crippen molar-refractivity contribution in [2.45, 2.75) is 12.8 Å². The lowest BCUT2D eigenvalue weighted by atomic mass is 10.2. The molecule has 0 aromatic heterocycles. The van der Waals surface area contributed by atoms with Crippen molar-refractivity contribution in [3.63, 3.8) is 0 Å². The third-order valence-corrected chi connectivity index (χ3v) is 3.96. The number of nitrogens with one attached hydrogen (secondary N) is 1. The first-order valence-corrected chi connectivity index (χ1v) is 8.12. The minimum atomic E-state index is -0.311. The van der Waals surface area contributed by atoms with Crippen molar-refractivity contribution in [3.05, 3.63) is 60.2 Å². The quantitative estimate of drug-likeness (QED) is 0.920. The molecule has 1 fully saturated rings. The molecule has 2 aromatic carbocycles. The Morgan fingerprint density at radius 1 is 0.958 bits per heavy atom. The van der Waals surface area contributed by atoms with Gasteiger partial charge in [-0.1, -0.05) is 30.3 Å². The highest BCUT2D eigenvalue weighted by Gasteiger charge is 2.19. The number of likely N-dealkylation sites (tertiary alicyclic amines) is 1. The Labute approximate surface area is 141 Å². The Kier molecular flexibility index (Phi) is 5.11. The maximum atomic E-state index is 12.4. The lowest BCUT2D eigenvalue weighted by Gasteiger charge is -2.16. The predicted molar refractivity (Wildman–Crippen MR) is 91.1 cm³/mol. The molecule has 0 unspecified atom stereocenters. The average Bonchev–Trinajstić information content (AvgIpc) is 3.15. The molecule has 1 saturated heterocycles. The van der Waals surface area contributed by atoms with Crippen LogP contribution in [0.3, 0.4) is 0 Å². The summed E-state index contributed by atoms with van der Waals surface area (Å²) in [5, 5.41) is 2.69. The second-order valence-corrected chi connectivity index (χ2v) is 5.68. The topological polar surface area (TPSA) is 58.6 Å². The second kappa shape index (κ2) is 7.64. The van der Waals surface area contributed by atoms with Crippen molar-refractivity contribution in [1.29, 1.82) is 0 Å². The Morgan fingerprint density at radius 2 is 1.62 bits per heavy atom. The summed E-state index contributed by atoms with van der Waals surface area (Å²) in [6.45, 7) is 1.57. The monoisotopic (exact) mass is 324 g/mol. The Bertz CT molecular complexity index is 710. The molecule has 1 aliphatic rings. The van der Waals surface area contributed by atoms with Crippen LogP contribution in [0.15, 0.2) is 54.6 Å². The van der Waals surface area contributed by atoms with Crippen molar-refractivity contribution in [1.82, 2.24) is 10.2 Å².